The lowest BCUT2D eigenvalue weighted by Crippen LogP contribution is -2.20. The van der Waals surface area contributed by atoms with Gasteiger partial charge >= 0.3 is 0 Å². The predicted octanol–water partition coefficient (Wildman–Crippen LogP) is 4.43. The highest BCUT2D eigenvalue weighted by Crippen LogP contribution is 2.26. The van der Waals surface area contributed by atoms with Crippen LogP contribution < -0.4 is 14.8 Å². The van der Waals surface area contributed by atoms with Gasteiger partial charge in [-0.2, -0.15) is 4.98 Å². The van der Waals surface area contributed by atoms with E-state index in [0.29, 0.717) is 28.8 Å². The van der Waals surface area contributed by atoms with Gasteiger partial charge in [0.15, 0.2) is 6.61 Å². The van der Waals surface area contributed by atoms with Gasteiger partial charge in [-0.05, 0) is 42.5 Å². The molecule has 0 aliphatic carbocycles. The van der Waals surface area contributed by atoms with Crippen molar-refractivity contribution in [3.05, 3.63) is 78.9 Å². The molecule has 3 aromatic carbocycles. The second kappa shape index (κ2) is 8.91. The fraction of sp³-hybridized carbons (Fsp3) is 0.0870. The molecule has 0 aliphatic heterocycles. The van der Waals surface area contributed by atoms with Crippen LogP contribution in [0.4, 0.5) is 5.69 Å². The second-order valence-corrected chi connectivity index (χ2v) is 6.39. The van der Waals surface area contributed by atoms with Crippen molar-refractivity contribution in [2.24, 2.45) is 0 Å². The minimum absolute atomic E-state index is 0.111. The van der Waals surface area contributed by atoms with Gasteiger partial charge in [0.25, 0.3) is 11.8 Å². The number of nitrogens with one attached hydrogen (secondary N) is 1. The van der Waals surface area contributed by atoms with Crippen LogP contribution in [-0.4, -0.2) is 29.8 Å². The summed E-state index contributed by atoms with van der Waals surface area (Å²) in [5.41, 5.74) is 2.20. The average Bonchev–Trinajstić information content (AvgIpc) is 3.29. The van der Waals surface area contributed by atoms with Crippen molar-refractivity contribution in [3.63, 3.8) is 0 Å². The molecule has 1 heterocycles. The van der Waals surface area contributed by atoms with Gasteiger partial charge in [0.1, 0.15) is 11.5 Å². The number of benzene rings is 3. The van der Waals surface area contributed by atoms with Gasteiger partial charge in [-0.15, -0.1) is 0 Å². The molecule has 1 aromatic heterocycles. The van der Waals surface area contributed by atoms with Crippen LogP contribution in [0.15, 0.2) is 83.4 Å². The summed E-state index contributed by atoms with van der Waals surface area (Å²) in [4.78, 5) is 16.5. The standard InChI is InChI=1S/C23H19N3O4/c1-28-19-11-6-8-17(14-19)23-25-22(26-30-23)16-7-5-12-20(13-16)29-15-21(27)24-18-9-3-2-4-10-18/h2-14H,15H2,1H3,(H,24,27). The van der Waals surface area contributed by atoms with E-state index in [1.165, 1.54) is 0 Å². The molecule has 0 saturated heterocycles. The number of rotatable bonds is 7. The van der Waals surface area contributed by atoms with Crippen molar-refractivity contribution in [1.82, 2.24) is 10.1 Å². The highest BCUT2D eigenvalue weighted by molar-refractivity contribution is 5.91. The Balaban J connectivity index is 1.43. The molecule has 4 aromatic rings. The highest BCUT2D eigenvalue weighted by Gasteiger charge is 2.12. The first-order chi connectivity index (χ1) is 14.7. The number of anilines is 1. The third-order valence-corrected chi connectivity index (χ3v) is 4.26. The van der Waals surface area contributed by atoms with Gasteiger partial charge in [-0.1, -0.05) is 41.6 Å². The van der Waals surface area contributed by atoms with Crippen molar-refractivity contribution < 1.29 is 18.8 Å². The molecule has 0 fully saturated rings. The minimum Gasteiger partial charge on any atom is -0.497 e. The average molecular weight is 401 g/mol. The highest BCUT2D eigenvalue weighted by atomic mass is 16.5. The summed E-state index contributed by atoms with van der Waals surface area (Å²) in [6, 6.07) is 23.8. The van der Waals surface area contributed by atoms with Crippen LogP contribution in [0, 0.1) is 0 Å². The molecule has 0 saturated carbocycles. The van der Waals surface area contributed by atoms with Crippen LogP contribution in [0.5, 0.6) is 11.5 Å². The lowest BCUT2D eigenvalue weighted by atomic mass is 10.2. The molecule has 30 heavy (non-hydrogen) atoms. The van der Waals surface area contributed by atoms with Crippen molar-refractivity contribution in [3.8, 4) is 34.3 Å². The van der Waals surface area contributed by atoms with Crippen LogP contribution in [0.1, 0.15) is 0 Å². The minimum atomic E-state index is -0.244. The molecule has 4 rings (SSSR count). The Labute approximate surface area is 173 Å². The van der Waals surface area contributed by atoms with Gasteiger partial charge in [-0.25, -0.2) is 0 Å². The second-order valence-electron chi connectivity index (χ2n) is 6.39. The van der Waals surface area contributed by atoms with Gasteiger partial charge in [-0.3, -0.25) is 4.79 Å². The van der Waals surface area contributed by atoms with Crippen LogP contribution in [0.25, 0.3) is 22.8 Å². The Hall–Kier alpha value is -4.13. The van der Waals surface area contributed by atoms with Crippen LogP contribution in [0.3, 0.4) is 0 Å². The maximum Gasteiger partial charge on any atom is 0.262 e. The third-order valence-electron chi connectivity index (χ3n) is 4.26. The summed E-state index contributed by atoms with van der Waals surface area (Å²) in [6.45, 7) is -0.111. The lowest BCUT2D eigenvalue weighted by Gasteiger charge is -2.08. The Morgan fingerprint density at radius 2 is 1.67 bits per heavy atom. The van der Waals surface area contributed by atoms with Gasteiger partial charge < -0.3 is 19.3 Å². The van der Waals surface area contributed by atoms with E-state index in [0.717, 1.165) is 11.3 Å². The number of nitrogens with zero attached hydrogens (tertiary/aromatic N) is 2. The molecule has 150 valence electrons. The van der Waals surface area contributed by atoms with Crippen molar-refractivity contribution in [2.75, 3.05) is 19.0 Å². The molecule has 0 spiro atoms. The molecule has 0 unspecified atom stereocenters. The quantitative estimate of drug-likeness (QED) is 0.493. The lowest BCUT2D eigenvalue weighted by molar-refractivity contribution is -0.118. The number of amides is 1. The summed E-state index contributed by atoms with van der Waals surface area (Å²) in [7, 11) is 1.60. The molecule has 1 amide bonds. The molecular formula is C23H19N3O4. The number of aromatic nitrogens is 2. The van der Waals surface area contributed by atoms with E-state index in [9.17, 15) is 4.79 Å². The smallest absolute Gasteiger partial charge is 0.262 e. The summed E-state index contributed by atoms with van der Waals surface area (Å²) in [5.74, 6) is 1.80. The van der Waals surface area contributed by atoms with Crippen LogP contribution >= 0.6 is 0 Å². The van der Waals surface area contributed by atoms with Crippen LogP contribution in [-0.2, 0) is 4.79 Å². The number of hydrogen-bond donors (Lipinski definition) is 1. The molecule has 0 radical (unpaired) electrons. The number of ether oxygens (including phenoxy) is 2. The number of carbonyl (C=O) groups excluding carboxylic acids is 1. The first-order valence-corrected chi connectivity index (χ1v) is 9.27. The van der Waals surface area contributed by atoms with Gasteiger partial charge in [0, 0.05) is 16.8 Å². The Bertz CT molecular complexity index is 1140. The first-order valence-electron chi connectivity index (χ1n) is 9.27. The van der Waals surface area contributed by atoms with E-state index in [4.69, 9.17) is 14.0 Å². The van der Waals surface area contributed by atoms with Crippen molar-refractivity contribution in [1.29, 1.82) is 0 Å². The predicted molar refractivity (Wildman–Crippen MR) is 112 cm³/mol. The third kappa shape index (κ3) is 4.64. The van der Waals surface area contributed by atoms with E-state index in [1.54, 1.807) is 25.3 Å². The Morgan fingerprint density at radius 1 is 0.933 bits per heavy atom. The van der Waals surface area contributed by atoms with Gasteiger partial charge in [0.05, 0.1) is 7.11 Å². The molecule has 0 bridgehead atoms. The van der Waals surface area contributed by atoms with Crippen molar-refractivity contribution in [2.45, 2.75) is 0 Å². The molecule has 0 atom stereocenters. The number of carbonyl (C=O) groups is 1. The van der Waals surface area contributed by atoms with E-state index in [1.807, 2.05) is 60.7 Å². The Kier molecular flexibility index (Phi) is 5.70. The van der Waals surface area contributed by atoms with Crippen LogP contribution in [0.2, 0.25) is 0 Å². The summed E-state index contributed by atoms with van der Waals surface area (Å²) in [6.07, 6.45) is 0. The molecule has 0 aliphatic rings. The first kappa shape index (κ1) is 19.2. The molecule has 7 nitrogen and oxygen atoms in total. The van der Waals surface area contributed by atoms with E-state index < -0.39 is 0 Å². The van der Waals surface area contributed by atoms with E-state index >= 15 is 0 Å². The number of hydrogen-bond acceptors (Lipinski definition) is 6. The Morgan fingerprint density at radius 3 is 2.47 bits per heavy atom. The fourth-order valence-corrected chi connectivity index (χ4v) is 2.81. The monoisotopic (exact) mass is 401 g/mol. The maximum atomic E-state index is 12.1. The number of methoxy groups -OCH3 is 1. The van der Waals surface area contributed by atoms with Crippen molar-refractivity contribution >= 4 is 11.6 Å². The summed E-state index contributed by atoms with van der Waals surface area (Å²) in [5, 5.41) is 6.82. The SMILES string of the molecule is COc1cccc(-c2nc(-c3cccc(OCC(=O)Nc4ccccc4)c3)no2)c1. The zero-order valence-electron chi connectivity index (χ0n) is 16.2. The number of para-hydroxylation sites is 1. The zero-order valence-corrected chi connectivity index (χ0v) is 16.2. The summed E-state index contributed by atoms with van der Waals surface area (Å²) >= 11 is 0. The van der Waals surface area contributed by atoms with E-state index in [2.05, 4.69) is 15.5 Å². The van der Waals surface area contributed by atoms with Gasteiger partial charge in [0.2, 0.25) is 5.82 Å². The maximum absolute atomic E-state index is 12.1. The largest absolute Gasteiger partial charge is 0.497 e. The zero-order chi connectivity index (χ0) is 20.8. The summed E-state index contributed by atoms with van der Waals surface area (Å²) < 4.78 is 16.2. The topological polar surface area (TPSA) is 86.5 Å². The molecule has 1 N–H and O–H groups in total. The normalized spacial score (nSPS) is 10.4. The molecular weight excluding hydrogens is 382 g/mol. The van der Waals surface area contributed by atoms with E-state index in [-0.39, 0.29) is 12.5 Å². The molecule has 7 heteroatoms. The fourth-order valence-electron chi connectivity index (χ4n) is 2.81.